The summed E-state index contributed by atoms with van der Waals surface area (Å²) in [6, 6.07) is 0. The van der Waals surface area contributed by atoms with Gasteiger partial charge in [-0.1, -0.05) is 13.8 Å². The molecule has 11 heavy (non-hydrogen) atoms. The SMILES string of the molecule is CC1(C)C2CC[C@@H](CN)[C@@H]1C2. The first-order chi connectivity index (χ1) is 5.16. The van der Waals surface area contributed by atoms with E-state index in [2.05, 4.69) is 13.8 Å². The minimum Gasteiger partial charge on any atom is -0.330 e. The van der Waals surface area contributed by atoms with Gasteiger partial charge in [0.25, 0.3) is 0 Å². The standard InChI is InChI=1S/C10H19N/c1-10(2)8-4-3-7(6-11)9(10)5-8/h7-9H,3-6,11H2,1-2H3/t7-,8?,9-/m0/s1. The van der Waals surface area contributed by atoms with Crippen molar-refractivity contribution in [3.8, 4) is 0 Å². The third-order valence-electron chi connectivity index (χ3n) is 4.30. The van der Waals surface area contributed by atoms with Crippen molar-refractivity contribution < 1.29 is 0 Å². The molecule has 0 saturated heterocycles. The Labute approximate surface area is 69.4 Å². The first kappa shape index (κ1) is 7.60. The molecule has 3 saturated carbocycles. The van der Waals surface area contributed by atoms with E-state index in [1.807, 2.05) is 0 Å². The van der Waals surface area contributed by atoms with E-state index in [0.29, 0.717) is 5.41 Å². The van der Waals surface area contributed by atoms with Crippen molar-refractivity contribution >= 4 is 0 Å². The van der Waals surface area contributed by atoms with Gasteiger partial charge >= 0.3 is 0 Å². The van der Waals surface area contributed by atoms with E-state index in [-0.39, 0.29) is 0 Å². The molecule has 0 spiro atoms. The average Bonchev–Trinajstić information content (AvgIpc) is 2.04. The summed E-state index contributed by atoms with van der Waals surface area (Å²) in [5, 5.41) is 0. The molecular weight excluding hydrogens is 134 g/mol. The minimum absolute atomic E-state index is 0.627. The van der Waals surface area contributed by atoms with E-state index in [0.717, 1.165) is 24.3 Å². The average molecular weight is 153 g/mol. The highest BCUT2D eigenvalue weighted by molar-refractivity contribution is 5.03. The Balaban J connectivity index is 2.10. The molecule has 64 valence electrons. The molecule has 0 aromatic carbocycles. The van der Waals surface area contributed by atoms with Crippen molar-refractivity contribution in [2.75, 3.05) is 6.54 Å². The Hall–Kier alpha value is -0.0400. The predicted molar refractivity (Wildman–Crippen MR) is 47.2 cm³/mol. The van der Waals surface area contributed by atoms with Gasteiger partial charge in [0, 0.05) is 0 Å². The quantitative estimate of drug-likeness (QED) is 0.612. The van der Waals surface area contributed by atoms with E-state index in [4.69, 9.17) is 5.73 Å². The van der Waals surface area contributed by atoms with Crippen LogP contribution in [0.15, 0.2) is 0 Å². The van der Waals surface area contributed by atoms with Crippen LogP contribution in [0.25, 0.3) is 0 Å². The lowest BCUT2D eigenvalue weighted by Gasteiger charge is -2.60. The van der Waals surface area contributed by atoms with Gasteiger partial charge in [-0.15, -0.1) is 0 Å². The fourth-order valence-corrected chi connectivity index (χ4v) is 3.24. The van der Waals surface area contributed by atoms with Gasteiger partial charge in [0.05, 0.1) is 0 Å². The third kappa shape index (κ3) is 0.868. The van der Waals surface area contributed by atoms with Crippen LogP contribution < -0.4 is 5.73 Å². The van der Waals surface area contributed by atoms with E-state index in [1.165, 1.54) is 19.3 Å². The summed E-state index contributed by atoms with van der Waals surface area (Å²) >= 11 is 0. The van der Waals surface area contributed by atoms with Crippen LogP contribution in [0.2, 0.25) is 0 Å². The Morgan fingerprint density at radius 3 is 2.45 bits per heavy atom. The highest BCUT2D eigenvalue weighted by Gasteiger charge is 2.53. The van der Waals surface area contributed by atoms with E-state index >= 15 is 0 Å². The Kier molecular flexibility index (Phi) is 1.54. The largest absolute Gasteiger partial charge is 0.330 e. The van der Waals surface area contributed by atoms with Crippen LogP contribution in [0, 0.1) is 23.2 Å². The predicted octanol–water partition coefficient (Wildman–Crippen LogP) is 2.02. The summed E-state index contributed by atoms with van der Waals surface area (Å²) in [7, 11) is 0. The van der Waals surface area contributed by atoms with Gasteiger partial charge in [0.15, 0.2) is 0 Å². The van der Waals surface area contributed by atoms with Gasteiger partial charge in [0.2, 0.25) is 0 Å². The van der Waals surface area contributed by atoms with Crippen molar-refractivity contribution in [3.05, 3.63) is 0 Å². The first-order valence-electron chi connectivity index (χ1n) is 4.86. The Bertz CT molecular complexity index is 160. The fraction of sp³-hybridized carbons (Fsp3) is 1.00. The van der Waals surface area contributed by atoms with Crippen LogP contribution in [0.3, 0.4) is 0 Å². The van der Waals surface area contributed by atoms with Crippen molar-refractivity contribution in [2.24, 2.45) is 28.9 Å². The van der Waals surface area contributed by atoms with Crippen LogP contribution in [0.1, 0.15) is 33.1 Å². The highest BCUT2D eigenvalue weighted by atomic mass is 14.6. The van der Waals surface area contributed by atoms with Crippen LogP contribution in [0.4, 0.5) is 0 Å². The normalized spacial score (nSPS) is 46.6. The molecule has 2 bridgehead atoms. The van der Waals surface area contributed by atoms with Crippen LogP contribution in [0.5, 0.6) is 0 Å². The summed E-state index contributed by atoms with van der Waals surface area (Å²) in [5.74, 6) is 2.82. The maximum absolute atomic E-state index is 5.74. The van der Waals surface area contributed by atoms with E-state index in [9.17, 15) is 0 Å². The smallest absolute Gasteiger partial charge is 0.00460 e. The van der Waals surface area contributed by atoms with Crippen molar-refractivity contribution in [1.29, 1.82) is 0 Å². The molecule has 0 amide bonds. The van der Waals surface area contributed by atoms with Crippen molar-refractivity contribution in [1.82, 2.24) is 0 Å². The summed E-state index contributed by atoms with van der Waals surface area (Å²) in [6.07, 6.45) is 4.30. The van der Waals surface area contributed by atoms with Gasteiger partial charge in [-0.3, -0.25) is 0 Å². The van der Waals surface area contributed by atoms with Gasteiger partial charge in [-0.25, -0.2) is 0 Å². The Morgan fingerprint density at radius 2 is 2.09 bits per heavy atom. The molecule has 3 aliphatic rings. The molecule has 0 radical (unpaired) electrons. The molecule has 1 unspecified atom stereocenters. The molecular formula is C10H19N. The lowest BCUT2D eigenvalue weighted by atomic mass is 9.45. The second-order valence-corrected chi connectivity index (χ2v) is 4.93. The van der Waals surface area contributed by atoms with Gasteiger partial charge in [-0.05, 0) is 49.0 Å². The minimum atomic E-state index is 0.627. The molecule has 3 atom stereocenters. The Morgan fingerprint density at radius 1 is 1.36 bits per heavy atom. The zero-order chi connectivity index (χ0) is 8.06. The zero-order valence-electron chi connectivity index (χ0n) is 7.64. The summed E-state index contributed by atoms with van der Waals surface area (Å²) in [4.78, 5) is 0. The molecule has 0 heterocycles. The molecule has 3 fully saturated rings. The monoisotopic (exact) mass is 153 g/mol. The number of rotatable bonds is 1. The maximum atomic E-state index is 5.74. The van der Waals surface area contributed by atoms with Gasteiger partial charge < -0.3 is 5.73 Å². The molecule has 1 heteroatoms. The maximum Gasteiger partial charge on any atom is -0.00460 e. The number of nitrogens with two attached hydrogens (primary N) is 1. The lowest BCUT2D eigenvalue weighted by molar-refractivity contribution is -0.101. The molecule has 0 aliphatic heterocycles. The number of hydrogen-bond acceptors (Lipinski definition) is 1. The highest BCUT2D eigenvalue weighted by Crippen LogP contribution is 2.60. The fourth-order valence-electron chi connectivity index (χ4n) is 3.24. The van der Waals surface area contributed by atoms with Crippen LogP contribution in [-0.4, -0.2) is 6.54 Å². The van der Waals surface area contributed by atoms with Crippen molar-refractivity contribution in [2.45, 2.75) is 33.1 Å². The van der Waals surface area contributed by atoms with Gasteiger partial charge in [0.1, 0.15) is 0 Å². The summed E-state index contributed by atoms with van der Waals surface area (Å²) in [5.41, 5.74) is 6.37. The molecule has 0 aromatic rings. The number of hydrogen-bond donors (Lipinski definition) is 1. The summed E-state index contributed by atoms with van der Waals surface area (Å²) < 4.78 is 0. The second kappa shape index (κ2) is 2.22. The first-order valence-corrected chi connectivity index (χ1v) is 4.86. The van der Waals surface area contributed by atoms with Crippen LogP contribution >= 0.6 is 0 Å². The molecule has 3 rings (SSSR count). The zero-order valence-corrected chi connectivity index (χ0v) is 7.64. The molecule has 2 N–H and O–H groups in total. The lowest BCUT2D eigenvalue weighted by Crippen LogP contribution is -2.53. The van der Waals surface area contributed by atoms with Crippen molar-refractivity contribution in [3.63, 3.8) is 0 Å². The van der Waals surface area contributed by atoms with E-state index in [1.54, 1.807) is 0 Å². The molecule has 1 nitrogen and oxygen atoms in total. The molecule has 0 aromatic heterocycles. The topological polar surface area (TPSA) is 26.0 Å². The van der Waals surface area contributed by atoms with Gasteiger partial charge in [-0.2, -0.15) is 0 Å². The third-order valence-corrected chi connectivity index (χ3v) is 4.30. The molecule has 3 aliphatic carbocycles. The summed E-state index contributed by atoms with van der Waals surface area (Å²) in [6.45, 7) is 5.77. The second-order valence-electron chi connectivity index (χ2n) is 4.93. The number of fused-ring (bicyclic) bond motifs is 2. The van der Waals surface area contributed by atoms with E-state index < -0.39 is 0 Å². The van der Waals surface area contributed by atoms with Crippen LogP contribution in [-0.2, 0) is 0 Å².